The largest absolute Gasteiger partial charge is 0.466 e. The number of hydrogen-bond acceptors (Lipinski definition) is 5. The van der Waals surface area contributed by atoms with Crippen molar-refractivity contribution in [2.45, 2.75) is 19.0 Å². The van der Waals surface area contributed by atoms with Gasteiger partial charge in [0.25, 0.3) is 11.5 Å². The Morgan fingerprint density at radius 1 is 1.17 bits per heavy atom. The van der Waals surface area contributed by atoms with Crippen LogP contribution in [0.1, 0.15) is 18.4 Å². The van der Waals surface area contributed by atoms with Gasteiger partial charge in [0, 0.05) is 25.9 Å². The molecule has 1 fully saturated rings. The van der Waals surface area contributed by atoms with Crippen LogP contribution in [0.25, 0.3) is 0 Å². The van der Waals surface area contributed by atoms with Crippen LogP contribution in [0.2, 0.25) is 0 Å². The Morgan fingerprint density at radius 3 is 2.50 bits per heavy atom. The standard InChI is InChI=1S/C15H16N4O5/c1-15(10-5-4-6-24-10)12(21)19(13(22)16-15)8-9-7-11(20)18(3)14(23)17(9)2/h4-7H,8H2,1-3H3,(H,16,22)/t15-/m1/s1. The van der Waals surface area contributed by atoms with Crippen LogP contribution in [0.15, 0.2) is 38.5 Å². The number of carbonyl (C=O) groups excluding carboxylic acids is 2. The van der Waals surface area contributed by atoms with Crippen LogP contribution in [0.4, 0.5) is 4.79 Å². The fourth-order valence-electron chi connectivity index (χ4n) is 2.66. The number of aromatic nitrogens is 2. The van der Waals surface area contributed by atoms with Gasteiger partial charge in [-0.15, -0.1) is 0 Å². The van der Waals surface area contributed by atoms with E-state index in [1.807, 2.05) is 0 Å². The predicted octanol–water partition coefficient (Wildman–Crippen LogP) is -0.356. The first-order valence-corrected chi connectivity index (χ1v) is 7.19. The van der Waals surface area contributed by atoms with Gasteiger partial charge >= 0.3 is 11.7 Å². The van der Waals surface area contributed by atoms with E-state index in [0.717, 1.165) is 9.47 Å². The van der Waals surface area contributed by atoms with E-state index >= 15 is 0 Å². The lowest BCUT2D eigenvalue weighted by Crippen LogP contribution is -2.42. The number of rotatable bonds is 3. The topological polar surface area (TPSA) is 107 Å². The lowest BCUT2D eigenvalue weighted by molar-refractivity contribution is -0.132. The minimum atomic E-state index is -1.32. The Morgan fingerprint density at radius 2 is 1.88 bits per heavy atom. The molecule has 3 amide bonds. The number of hydrogen-bond donors (Lipinski definition) is 1. The number of nitrogens with one attached hydrogen (secondary N) is 1. The molecule has 1 aliphatic rings. The van der Waals surface area contributed by atoms with E-state index in [-0.39, 0.29) is 12.2 Å². The molecule has 9 nitrogen and oxygen atoms in total. The van der Waals surface area contributed by atoms with Crippen molar-refractivity contribution >= 4 is 11.9 Å². The summed E-state index contributed by atoms with van der Waals surface area (Å²) >= 11 is 0. The van der Waals surface area contributed by atoms with Gasteiger partial charge in [-0.3, -0.25) is 23.6 Å². The summed E-state index contributed by atoms with van der Waals surface area (Å²) in [5.74, 6) is -0.211. The van der Waals surface area contributed by atoms with Gasteiger partial charge < -0.3 is 9.73 Å². The molecule has 0 spiro atoms. The number of carbonyl (C=O) groups is 2. The Bertz CT molecular complexity index is 940. The maximum absolute atomic E-state index is 12.7. The van der Waals surface area contributed by atoms with E-state index in [1.165, 1.54) is 37.9 Å². The summed E-state index contributed by atoms with van der Waals surface area (Å²) in [6.07, 6.45) is 1.41. The van der Waals surface area contributed by atoms with E-state index in [1.54, 1.807) is 12.1 Å². The van der Waals surface area contributed by atoms with Crippen molar-refractivity contribution in [3.05, 3.63) is 56.8 Å². The molecule has 0 radical (unpaired) electrons. The molecule has 0 saturated carbocycles. The molecule has 0 unspecified atom stereocenters. The average molecular weight is 332 g/mol. The first-order valence-electron chi connectivity index (χ1n) is 7.19. The summed E-state index contributed by atoms with van der Waals surface area (Å²) < 4.78 is 7.42. The van der Waals surface area contributed by atoms with Crippen LogP contribution >= 0.6 is 0 Å². The molecule has 1 atom stereocenters. The SMILES string of the molecule is Cn1c(CN2C(=O)N[C@](C)(c3ccco3)C2=O)cc(=O)n(C)c1=O. The number of amides is 3. The van der Waals surface area contributed by atoms with E-state index in [4.69, 9.17) is 4.42 Å². The predicted molar refractivity (Wildman–Crippen MR) is 82.1 cm³/mol. The fraction of sp³-hybridized carbons (Fsp3) is 0.333. The molecule has 2 aromatic rings. The number of nitrogens with zero attached hydrogens (tertiary/aromatic N) is 3. The molecule has 0 aromatic carbocycles. The molecule has 126 valence electrons. The summed E-state index contributed by atoms with van der Waals surface area (Å²) in [4.78, 5) is 49.6. The second-order valence-electron chi connectivity index (χ2n) is 5.80. The molecular weight excluding hydrogens is 316 g/mol. The second kappa shape index (κ2) is 5.22. The number of urea groups is 1. The number of furan rings is 1. The molecule has 3 rings (SSSR count). The van der Waals surface area contributed by atoms with Crippen molar-refractivity contribution < 1.29 is 14.0 Å². The maximum Gasteiger partial charge on any atom is 0.330 e. The molecule has 2 aromatic heterocycles. The summed E-state index contributed by atoms with van der Waals surface area (Å²) in [7, 11) is 2.83. The van der Waals surface area contributed by atoms with E-state index < -0.39 is 28.7 Å². The summed E-state index contributed by atoms with van der Waals surface area (Å²) in [5, 5.41) is 2.59. The van der Waals surface area contributed by atoms with Crippen LogP contribution in [0.5, 0.6) is 0 Å². The van der Waals surface area contributed by atoms with Crippen molar-refractivity contribution in [3.63, 3.8) is 0 Å². The van der Waals surface area contributed by atoms with E-state index in [0.29, 0.717) is 5.76 Å². The van der Waals surface area contributed by atoms with Crippen LogP contribution in [-0.4, -0.2) is 26.0 Å². The van der Waals surface area contributed by atoms with Crippen molar-refractivity contribution in [1.82, 2.24) is 19.4 Å². The quantitative estimate of drug-likeness (QED) is 0.773. The first-order chi connectivity index (χ1) is 11.3. The van der Waals surface area contributed by atoms with Gasteiger partial charge in [0.2, 0.25) is 0 Å². The molecular formula is C15H16N4O5. The van der Waals surface area contributed by atoms with Gasteiger partial charge in [-0.25, -0.2) is 9.59 Å². The third-order valence-corrected chi connectivity index (χ3v) is 4.23. The van der Waals surface area contributed by atoms with Gasteiger partial charge in [0.1, 0.15) is 5.76 Å². The van der Waals surface area contributed by atoms with E-state index in [2.05, 4.69) is 5.32 Å². The van der Waals surface area contributed by atoms with Gasteiger partial charge in [0.05, 0.1) is 12.8 Å². The minimum Gasteiger partial charge on any atom is -0.466 e. The third kappa shape index (κ3) is 2.16. The van der Waals surface area contributed by atoms with Gasteiger partial charge in [0.15, 0.2) is 5.54 Å². The molecule has 1 aliphatic heterocycles. The molecule has 1 N–H and O–H groups in total. The highest BCUT2D eigenvalue weighted by molar-refractivity contribution is 6.06. The molecule has 3 heterocycles. The highest BCUT2D eigenvalue weighted by atomic mass is 16.3. The normalized spacial score (nSPS) is 20.5. The van der Waals surface area contributed by atoms with Crippen molar-refractivity contribution in [2.24, 2.45) is 14.1 Å². The Labute approximate surface area is 136 Å². The average Bonchev–Trinajstić information content (AvgIpc) is 3.15. The fourth-order valence-corrected chi connectivity index (χ4v) is 2.66. The Balaban J connectivity index is 1.98. The Kier molecular flexibility index (Phi) is 3.43. The van der Waals surface area contributed by atoms with Crippen molar-refractivity contribution in [3.8, 4) is 0 Å². The molecule has 24 heavy (non-hydrogen) atoms. The third-order valence-electron chi connectivity index (χ3n) is 4.23. The molecule has 9 heteroatoms. The molecule has 0 aliphatic carbocycles. The highest BCUT2D eigenvalue weighted by Crippen LogP contribution is 2.29. The summed E-state index contributed by atoms with van der Waals surface area (Å²) in [6.45, 7) is 1.35. The zero-order chi connectivity index (χ0) is 17.6. The zero-order valence-corrected chi connectivity index (χ0v) is 13.4. The van der Waals surface area contributed by atoms with Gasteiger partial charge in [-0.05, 0) is 19.1 Å². The summed E-state index contributed by atoms with van der Waals surface area (Å²) in [6, 6.07) is 3.82. The lowest BCUT2D eigenvalue weighted by atomic mass is 9.99. The molecule has 0 bridgehead atoms. The molecule has 1 saturated heterocycles. The lowest BCUT2D eigenvalue weighted by Gasteiger charge is -2.19. The minimum absolute atomic E-state index is 0.192. The summed E-state index contributed by atoms with van der Waals surface area (Å²) in [5.41, 5.74) is -2.10. The van der Waals surface area contributed by atoms with Gasteiger partial charge in [-0.2, -0.15) is 0 Å². The highest BCUT2D eigenvalue weighted by Gasteiger charge is 2.51. The van der Waals surface area contributed by atoms with Crippen LogP contribution in [0, 0.1) is 0 Å². The second-order valence-corrected chi connectivity index (χ2v) is 5.80. The van der Waals surface area contributed by atoms with Crippen molar-refractivity contribution in [2.75, 3.05) is 0 Å². The van der Waals surface area contributed by atoms with Crippen LogP contribution in [-0.2, 0) is 31.0 Å². The number of imide groups is 1. The first kappa shape index (κ1) is 15.8. The van der Waals surface area contributed by atoms with Crippen LogP contribution < -0.4 is 16.6 Å². The van der Waals surface area contributed by atoms with Crippen molar-refractivity contribution in [1.29, 1.82) is 0 Å². The smallest absolute Gasteiger partial charge is 0.330 e. The van der Waals surface area contributed by atoms with Crippen LogP contribution in [0.3, 0.4) is 0 Å². The maximum atomic E-state index is 12.7. The Hall–Kier alpha value is -3.10. The van der Waals surface area contributed by atoms with E-state index in [9.17, 15) is 19.2 Å². The van der Waals surface area contributed by atoms with Gasteiger partial charge in [-0.1, -0.05) is 0 Å². The zero-order valence-electron chi connectivity index (χ0n) is 13.4. The monoisotopic (exact) mass is 332 g/mol.